The number of hydrogen-bond donors (Lipinski definition) is 1. The lowest BCUT2D eigenvalue weighted by atomic mass is 10.0. The van der Waals surface area contributed by atoms with Gasteiger partial charge in [-0.2, -0.15) is 0 Å². The van der Waals surface area contributed by atoms with E-state index in [2.05, 4.69) is 10.2 Å². The zero-order valence-electron chi connectivity index (χ0n) is 8.53. The summed E-state index contributed by atoms with van der Waals surface area (Å²) in [4.78, 5) is 14.5. The van der Waals surface area contributed by atoms with E-state index >= 15 is 0 Å². The number of allylic oxidation sites excluding steroid dienone is 2. The summed E-state index contributed by atoms with van der Waals surface area (Å²) in [6.07, 6.45) is 3.32. The zero-order valence-corrected chi connectivity index (χ0v) is 8.53. The van der Waals surface area contributed by atoms with Gasteiger partial charge in [0.05, 0.1) is 11.9 Å². The van der Waals surface area contributed by atoms with Crippen LogP contribution in [0.15, 0.2) is 17.4 Å². The molecular formula is C10H13N3O. The van der Waals surface area contributed by atoms with Gasteiger partial charge in [-0.3, -0.25) is 4.98 Å². The van der Waals surface area contributed by atoms with E-state index in [1.54, 1.807) is 0 Å². The van der Waals surface area contributed by atoms with Crippen molar-refractivity contribution in [2.45, 2.75) is 20.8 Å². The van der Waals surface area contributed by atoms with Crippen LogP contribution in [0.4, 0.5) is 11.4 Å². The summed E-state index contributed by atoms with van der Waals surface area (Å²) in [6.45, 7) is 5.69. The lowest BCUT2D eigenvalue weighted by Crippen LogP contribution is -1.98. The van der Waals surface area contributed by atoms with E-state index in [1.807, 2.05) is 26.8 Å². The maximum absolute atomic E-state index is 10.4. The Hall–Kier alpha value is -1.71. The first-order valence-electron chi connectivity index (χ1n) is 4.33. The van der Waals surface area contributed by atoms with Crippen LogP contribution in [-0.4, -0.2) is 4.98 Å². The second-order valence-corrected chi connectivity index (χ2v) is 3.08. The molecule has 0 unspecified atom stereocenters. The van der Waals surface area contributed by atoms with Gasteiger partial charge in [0.2, 0.25) is 0 Å². The first-order chi connectivity index (χ1) is 6.61. The van der Waals surface area contributed by atoms with Gasteiger partial charge in [0.1, 0.15) is 5.69 Å². The van der Waals surface area contributed by atoms with E-state index in [9.17, 15) is 4.91 Å². The summed E-state index contributed by atoms with van der Waals surface area (Å²) in [5.74, 6) is 0. The number of hydrogen-bond acceptors (Lipinski definition) is 4. The molecule has 4 heteroatoms. The zero-order chi connectivity index (χ0) is 10.7. The fourth-order valence-electron chi connectivity index (χ4n) is 1.33. The van der Waals surface area contributed by atoms with Gasteiger partial charge in [0.15, 0.2) is 0 Å². The van der Waals surface area contributed by atoms with Crippen LogP contribution < -0.4 is 5.73 Å². The van der Waals surface area contributed by atoms with Crippen molar-refractivity contribution >= 4 is 16.9 Å². The first kappa shape index (κ1) is 10.4. The first-order valence-corrected chi connectivity index (χ1v) is 4.33. The summed E-state index contributed by atoms with van der Waals surface area (Å²) in [6, 6.07) is 0. The van der Waals surface area contributed by atoms with Crippen LogP contribution in [0.3, 0.4) is 0 Å². The van der Waals surface area contributed by atoms with E-state index < -0.39 is 0 Å². The minimum atomic E-state index is 0.201. The molecule has 4 nitrogen and oxygen atoms in total. The van der Waals surface area contributed by atoms with E-state index in [4.69, 9.17) is 5.73 Å². The van der Waals surface area contributed by atoms with Crippen LogP contribution in [0.25, 0.3) is 5.57 Å². The van der Waals surface area contributed by atoms with Gasteiger partial charge in [-0.15, -0.1) is 4.91 Å². The van der Waals surface area contributed by atoms with E-state index in [0.717, 1.165) is 16.8 Å². The summed E-state index contributed by atoms with van der Waals surface area (Å²) in [5.41, 5.74) is 9.02. The molecule has 0 spiro atoms. The number of aryl methyl sites for hydroxylation is 1. The van der Waals surface area contributed by atoms with E-state index in [1.165, 1.54) is 6.20 Å². The fraction of sp³-hybridized carbons (Fsp3) is 0.300. The molecule has 1 heterocycles. The van der Waals surface area contributed by atoms with Crippen molar-refractivity contribution in [3.63, 3.8) is 0 Å². The predicted octanol–water partition coefficient (Wildman–Crippen LogP) is 2.79. The normalized spacial score (nSPS) is 11.5. The van der Waals surface area contributed by atoms with E-state index in [0.29, 0.717) is 5.69 Å². The van der Waals surface area contributed by atoms with Crippen LogP contribution in [0.1, 0.15) is 25.1 Å². The molecule has 0 aromatic carbocycles. The molecule has 1 aromatic heterocycles. The second kappa shape index (κ2) is 4.00. The molecule has 0 aliphatic carbocycles. The lowest BCUT2D eigenvalue weighted by Gasteiger charge is -2.09. The molecule has 1 aromatic rings. The molecule has 0 saturated carbocycles. The Morgan fingerprint density at radius 3 is 2.79 bits per heavy atom. The SMILES string of the molecule is C/C=C(/C)c1c(C)ncc(N=O)c1N. The van der Waals surface area contributed by atoms with Gasteiger partial charge in [-0.05, 0) is 31.5 Å². The second-order valence-electron chi connectivity index (χ2n) is 3.08. The van der Waals surface area contributed by atoms with Crippen LogP contribution in [0, 0.1) is 11.8 Å². The Bertz CT molecular complexity index is 397. The third-order valence-corrected chi connectivity index (χ3v) is 2.21. The Morgan fingerprint density at radius 1 is 1.64 bits per heavy atom. The molecule has 1 rings (SSSR count). The van der Waals surface area contributed by atoms with Crippen molar-refractivity contribution in [3.05, 3.63) is 28.4 Å². The van der Waals surface area contributed by atoms with Gasteiger partial charge in [0, 0.05) is 11.3 Å². The smallest absolute Gasteiger partial charge is 0.149 e. The van der Waals surface area contributed by atoms with Gasteiger partial charge < -0.3 is 5.73 Å². The van der Waals surface area contributed by atoms with Gasteiger partial charge >= 0.3 is 0 Å². The highest BCUT2D eigenvalue weighted by Gasteiger charge is 2.10. The molecule has 0 aliphatic heterocycles. The predicted molar refractivity (Wildman–Crippen MR) is 58.2 cm³/mol. The van der Waals surface area contributed by atoms with Crippen molar-refractivity contribution in [1.29, 1.82) is 0 Å². The summed E-state index contributed by atoms with van der Waals surface area (Å²) >= 11 is 0. The van der Waals surface area contributed by atoms with E-state index in [-0.39, 0.29) is 5.69 Å². The molecule has 2 N–H and O–H groups in total. The topological polar surface area (TPSA) is 68.3 Å². The van der Waals surface area contributed by atoms with Crippen LogP contribution in [0.5, 0.6) is 0 Å². The van der Waals surface area contributed by atoms with Crippen LogP contribution in [-0.2, 0) is 0 Å². The Labute approximate surface area is 82.8 Å². The Balaban J connectivity index is 3.47. The lowest BCUT2D eigenvalue weighted by molar-refractivity contribution is 1.17. The molecule has 0 atom stereocenters. The van der Waals surface area contributed by atoms with Crippen molar-refractivity contribution < 1.29 is 0 Å². The summed E-state index contributed by atoms with van der Waals surface area (Å²) < 4.78 is 0. The maximum Gasteiger partial charge on any atom is 0.149 e. The number of rotatable bonds is 2. The average molecular weight is 191 g/mol. The molecule has 0 radical (unpaired) electrons. The molecule has 0 amide bonds. The number of pyridine rings is 1. The fourth-order valence-corrected chi connectivity index (χ4v) is 1.33. The third-order valence-electron chi connectivity index (χ3n) is 2.21. The molecule has 0 aliphatic rings. The highest BCUT2D eigenvalue weighted by atomic mass is 16.3. The monoisotopic (exact) mass is 191 g/mol. The Kier molecular flexibility index (Phi) is 2.96. The van der Waals surface area contributed by atoms with Gasteiger partial charge in [-0.25, -0.2) is 0 Å². The van der Waals surface area contributed by atoms with Gasteiger partial charge in [0.25, 0.3) is 0 Å². The largest absolute Gasteiger partial charge is 0.396 e. The summed E-state index contributed by atoms with van der Waals surface area (Å²) in [7, 11) is 0. The van der Waals surface area contributed by atoms with Crippen molar-refractivity contribution in [2.75, 3.05) is 5.73 Å². The quantitative estimate of drug-likeness (QED) is 0.731. The number of nitroso groups, excluding NO2 is 1. The van der Waals surface area contributed by atoms with Crippen molar-refractivity contribution in [1.82, 2.24) is 4.98 Å². The van der Waals surface area contributed by atoms with Gasteiger partial charge in [-0.1, -0.05) is 6.08 Å². The number of nitrogens with zero attached hydrogens (tertiary/aromatic N) is 2. The molecule has 14 heavy (non-hydrogen) atoms. The number of anilines is 1. The number of aromatic nitrogens is 1. The number of nitrogen functional groups attached to an aromatic ring is 1. The maximum atomic E-state index is 10.4. The molecule has 0 saturated heterocycles. The number of nitrogens with two attached hydrogens (primary N) is 1. The Morgan fingerprint density at radius 2 is 2.29 bits per heavy atom. The minimum Gasteiger partial charge on any atom is -0.396 e. The van der Waals surface area contributed by atoms with Crippen LogP contribution >= 0.6 is 0 Å². The highest BCUT2D eigenvalue weighted by Crippen LogP contribution is 2.31. The molecule has 0 bridgehead atoms. The molecule has 0 fully saturated rings. The standard InChI is InChI=1S/C10H13N3O/c1-4-6(2)9-7(3)12-5-8(13-14)10(9)11/h4-5H,1-3H3,(H2,11,12)/b6-4-. The molecular weight excluding hydrogens is 178 g/mol. The highest BCUT2D eigenvalue weighted by molar-refractivity contribution is 5.81. The summed E-state index contributed by atoms with van der Waals surface area (Å²) in [5, 5.41) is 2.82. The average Bonchev–Trinajstić information content (AvgIpc) is 2.18. The van der Waals surface area contributed by atoms with Crippen molar-refractivity contribution in [2.24, 2.45) is 5.18 Å². The van der Waals surface area contributed by atoms with Crippen LogP contribution in [0.2, 0.25) is 0 Å². The minimum absolute atomic E-state index is 0.201. The molecule has 74 valence electrons. The third kappa shape index (κ3) is 1.64. The van der Waals surface area contributed by atoms with Crippen molar-refractivity contribution in [3.8, 4) is 0 Å².